The van der Waals surface area contributed by atoms with E-state index >= 15 is 0 Å². The Kier molecular flexibility index (Phi) is 5.54. The zero-order chi connectivity index (χ0) is 17.1. The van der Waals surface area contributed by atoms with Crippen LogP contribution in [0, 0.1) is 19.8 Å². The van der Waals surface area contributed by atoms with Crippen molar-refractivity contribution in [2.45, 2.75) is 39.5 Å². The molecule has 3 rings (SSSR count). The molecular weight excluding hydrogens is 304 g/mol. The molecule has 2 aliphatic rings. The van der Waals surface area contributed by atoms with Crippen molar-refractivity contribution in [3.8, 4) is 0 Å². The molecule has 5 nitrogen and oxygen atoms in total. The third-order valence-electron chi connectivity index (χ3n) is 5.22. The summed E-state index contributed by atoms with van der Waals surface area (Å²) in [7, 11) is 0. The van der Waals surface area contributed by atoms with E-state index in [-0.39, 0.29) is 12.1 Å². The maximum Gasteiger partial charge on any atom is 0.178 e. The first kappa shape index (κ1) is 17.4. The maximum absolute atomic E-state index is 12.7. The lowest BCUT2D eigenvalue weighted by Gasteiger charge is -2.33. The summed E-state index contributed by atoms with van der Waals surface area (Å²) in [5, 5.41) is 0. The number of aromatic nitrogens is 1. The molecule has 0 amide bonds. The fourth-order valence-electron chi connectivity index (χ4n) is 3.81. The molecule has 24 heavy (non-hydrogen) atoms. The van der Waals surface area contributed by atoms with Crippen LogP contribution in [0.3, 0.4) is 0 Å². The average molecular weight is 332 g/mol. The van der Waals surface area contributed by atoms with E-state index in [1.54, 1.807) is 0 Å². The van der Waals surface area contributed by atoms with Crippen LogP contribution in [0.2, 0.25) is 0 Å². The van der Waals surface area contributed by atoms with Gasteiger partial charge in [0.2, 0.25) is 0 Å². The Morgan fingerprint density at radius 1 is 1.29 bits per heavy atom. The van der Waals surface area contributed by atoms with Crippen LogP contribution in [-0.2, 0) is 16.0 Å². The Bertz CT molecular complexity index is 594. The Morgan fingerprint density at radius 3 is 2.58 bits per heavy atom. The normalized spacial score (nSPS) is 20.6. The van der Waals surface area contributed by atoms with Gasteiger partial charge in [-0.05, 0) is 45.8 Å². The SMILES string of the molecule is C=CCn1c(C)cc(C(=O)CN2CCC(C3OCCO3)CC2)c1C. The second-order valence-electron chi connectivity index (χ2n) is 6.83. The van der Waals surface area contributed by atoms with Gasteiger partial charge in [0.05, 0.1) is 19.8 Å². The van der Waals surface area contributed by atoms with Crippen LogP contribution in [-0.4, -0.2) is 54.4 Å². The number of carbonyl (C=O) groups excluding carboxylic acids is 1. The Labute approximate surface area is 144 Å². The van der Waals surface area contributed by atoms with Gasteiger partial charge in [-0.15, -0.1) is 6.58 Å². The van der Waals surface area contributed by atoms with E-state index in [1.165, 1.54) is 0 Å². The lowest BCUT2D eigenvalue weighted by molar-refractivity contribution is -0.0968. The van der Waals surface area contributed by atoms with Gasteiger partial charge in [0.25, 0.3) is 0 Å². The highest BCUT2D eigenvalue weighted by Gasteiger charge is 2.31. The first-order valence-electron chi connectivity index (χ1n) is 8.86. The van der Waals surface area contributed by atoms with Crippen LogP contribution >= 0.6 is 0 Å². The van der Waals surface area contributed by atoms with Gasteiger partial charge in [0, 0.05) is 29.4 Å². The molecule has 0 radical (unpaired) electrons. The molecule has 5 heteroatoms. The van der Waals surface area contributed by atoms with E-state index in [0.717, 1.165) is 49.4 Å². The van der Waals surface area contributed by atoms with Crippen molar-refractivity contribution < 1.29 is 14.3 Å². The number of piperidine rings is 1. The molecule has 0 spiro atoms. The molecule has 3 heterocycles. The fraction of sp³-hybridized carbons (Fsp3) is 0.632. The average Bonchev–Trinajstić information content (AvgIpc) is 3.20. The smallest absolute Gasteiger partial charge is 0.178 e. The van der Waals surface area contributed by atoms with E-state index < -0.39 is 0 Å². The lowest BCUT2D eigenvalue weighted by atomic mass is 9.96. The predicted octanol–water partition coefficient (Wildman–Crippen LogP) is 2.56. The molecule has 0 saturated carbocycles. The van der Waals surface area contributed by atoms with Crippen LogP contribution in [0.15, 0.2) is 18.7 Å². The number of nitrogens with zero attached hydrogens (tertiary/aromatic N) is 2. The van der Waals surface area contributed by atoms with E-state index in [4.69, 9.17) is 9.47 Å². The minimum atomic E-state index is -0.0271. The molecular formula is C19H28N2O3. The molecule has 0 aromatic carbocycles. The topological polar surface area (TPSA) is 43.7 Å². The number of allylic oxidation sites excluding steroid dienone is 1. The van der Waals surface area contributed by atoms with Crippen molar-refractivity contribution in [1.82, 2.24) is 9.47 Å². The van der Waals surface area contributed by atoms with Crippen LogP contribution < -0.4 is 0 Å². The Morgan fingerprint density at radius 2 is 1.96 bits per heavy atom. The third kappa shape index (κ3) is 3.63. The van der Waals surface area contributed by atoms with Gasteiger partial charge in [0.1, 0.15) is 0 Å². The summed E-state index contributed by atoms with van der Waals surface area (Å²) in [6.07, 6.45) is 3.91. The molecule has 0 unspecified atom stereocenters. The van der Waals surface area contributed by atoms with Gasteiger partial charge in [-0.3, -0.25) is 9.69 Å². The molecule has 0 bridgehead atoms. The maximum atomic E-state index is 12.7. The van der Waals surface area contributed by atoms with E-state index in [2.05, 4.69) is 16.0 Å². The number of carbonyl (C=O) groups is 1. The van der Waals surface area contributed by atoms with Crippen LogP contribution in [0.1, 0.15) is 34.6 Å². The number of Topliss-reactive ketones (excluding diaryl/α,β-unsaturated/α-hetero) is 1. The second kappa shape index (κ2) is 7.64. The van der Waals surface area contributed by atoms with Crippen LogP contribution in [0.5, 0.6) is 0 Å². The third-order valence-corrected chi connectivity index (χ3v) is 5.22. The van der Waals surface area contributed by atoms with E-state index in [0.29, 0.717) is 25.7 Å². The number of likely N-dealkylation sites (tertiary alicyclic amines) is 1. The van der Waals surface area contributed by atoms with Gasteiger partial charge in [0.15, 0.2) is 12.1 Å². The molecule has 2 aliphatic heterocycles. The Balaban J connectivity index is 1.56. The first-order valence-corrected chi connectivity index (χ1v) is 8.86. The number of rotatable bonds is 6. The minimum absolute atomic E-state index is 0.0271. The van der Waals surface area contributed by atoms with Gasteiger partial charge >= 0.3 is 0 Å². The quantitative estimate of drug-likeness (QED) is 0.593. The second-order valence-corrected chi connectivity index (χ2v) is 6.83. The van der Waals surface area contributed by atoms with Crippen molar-refractivity contribution in [1.29, 1.82) is 0 Å². The van der Waals surface area contributed by atoms with Crippen molar-refractivity contribution in [3.63, 3.8) is 0 Å². The molecule has 2 saturated heterocycles. The lowest BCUT2D eigenvalue weighted by Crippen LogP contribution is -2.40. The van der Waals surface area contributed by atoms with Gasteiger partial charge < -0.3 is 14.0 Å². The summed E-state index contributed by atoms with van der Waals surface area (Å²) in [4.78, 5) is 15.0. The summed E-state index contributed by atoms with van der Waals surface area (Å²) in [6.45, 7) is 12.4. The number of hydrogen-bond acceptors (Lipinski definition) is 4. The van der Waals surface area contributed by atoms with Crippen LogP contribution in [0.25, 0.3) is 0 Å². The zero-order valence-electron chi connectivity index (χ0n) is 14.8. The highest BCUT2D eigenvalue weighted by Crippen LogP contribution is 2.26. The number of ether oxygens (including phenoxy) is 2. The molecule has 1 aromatic rings. The number of hydrogen-bond donors (Lipinski definition) is 0. The fourth-order valence-corrected chi connectivity index (χ4v) is 3.81. The largest absolute Gasteiger partial charge is 0.350 e. The summed E-state index contributed by atoms with van der Waals surface area (Å²) < 4.78 is 13.4. The molecule has 0 atom stereocenters. The van der Waals surface area contributed by atoms with Crippen molar-refractivity contribution >= 4 is 5.78 Å². The van der Waals surface area contributed by atoms with Gasteiger partial charge in [-0.1, -0.05) is 6.08 Å². The molecule has 1 aromatic heterocycles. The summed E-state index contributed by atoms with van der Waals surface area (Å²) >= 11 is 0. The van der Waals surface area contributed by atoms with Crippen molar-refractivity contribution in [3.05, 3.63) is 35.7 Å². The van der Waals surface area contributed by atoms with Gasteiger partial charge in [-0.2, -0.15) is 0 Å². The highest BCUT2D eigenvalue weighted by molar-refractivity contribution is 5.99. The Hall–Kier alpha value is -1.43. The number of ketones is 1. The standard InChI is InChI=1S/C19H28N2O3/c1-4-7-21-14(2)12-17(15(21)3)18(22)13-20-8-5-16(6-9-20)19-23-10-11-24-19/h4,12,16,19H,1,5-11,13H2,2-3H3. The number of aryl methyl sites for hydroxylation is 1. The predicted molar refractivity (Wildman–Crippen MR) is 93.3 cm³/mol. The molecule has 0 N–H and O–H groups in total. The van der Waals surface area contributed by atoms with E-state index in [9.17, 15) is 4.79 Å². The first-order chi connectivity index (χ1) is 11.6. The molecule has 132 valence electrons. The van der Waals surface area contributed by atoms with Crippen molar-refractivity contribution in [2.75, 3.05) is 32.8 Å². The molecule has 2 fully saturated rings. The van der Waals surface area contributed by atoms with Crippen LogP contribution in [0.4, 0.5) is 0 Å². The molecule has 0 aliphatic carbocycles. The summed E-state index contributed by atoms with van der Waals surface area (Å²) in [5.41, 5.74) is 3.00. The van der Waals surface area contributed by atoms with E-state index in [1.807, 2.05) is 26.0 Å². The summed E-state index contributed by atoms with van der Waals surface area (Å²) in [5.74, 6) is 0.682. The minimum Gasteiger partial charge on any atom is -0.350 e. The monoisotopic (exact) mass is 332 g/mol. The summed E-state index contributed by atoms with van der Waals surface area (Å²) in [6, 6.07) is 2.01. The van der Waals surface area contributed by atoms with Gasteiger partial charge in [-0.25, -0.2) is 0 Å². The zero-order valence-corrected chi connectivity index (χ0v) is 14.8. The highest BCUT2D eigenvalue weighted by atomic mass is 16.7. The van der Waals surface area contributed by atoms with Crippen molar-refractivity contribution in [2.24, 2.45) is 5.92 Å².